The number of benzene rings is 1. The quantitative estimate of drug-likeness (QED) is 0.773. The Balaban J connectivity index is 1.90. The van der Waals surface area contributed by atoms with Gasteiger partial charge < -0.3 is 0 Å². The third-order valence-corrected chi connectivity index (χ3v) is 4.21. The molecule has 0 bridgehead atoms. The summed E-state index contributed by atoms with van der Waals surface area (Å²) in [4.78, 5) is 12.1. The molecular formula is C16H20N2O. The Bertz CT molecular complexity index is 600. The largest absolute Gasteiger partial charge is 0.299 e. The molecular weight excluding hydrogens is 236 g/mol. The van der Waals surface area contributed by atoms with Crippen molar-refractivity contribution >= 4 is 16.7 Å². The second-order valence-corrected chi connectivity index (χ2v) is 5.55. The lowest BCUT2D eigenvalue weighted by molar-refractivity contribution is -0.122. The van der Waals surface area contributed by atoms with E-state index < -0.39 is 0 Å². The van der Waals surface area contributed by atoms with E-state index in [9.17, 15) is 4.79 Å². The summed E-state index contributed by atoms with van der Waals surface area (Å²) in [6.07, 6.45) is 6.05. The number of rotatable bonds is 2. The summed E-state index contributed by atoms with van der Waals surface area (Å²) in [7, 11) is 1.97. The van der Waals surface area contributed by atoms with Gasteiger partial charge >= 0.3 is 0 Å². The molecule has 2 aromatic rings. The van der Waals surface area contributed by atoms with Gasteiger partial charge in [0.2, 0.25) is 0 Å². The minimum Gasteiger partial charge on any atom is -0.299 e. The van der Waals surface area contributed by atoms with E-state index in [-0.39, 0.29) is 5.92 Å². The standard InChI is InChI=1S/C16H20N2O/c1-18-15-9-6-5-8-13(15)14(17-18)11-12-7-3-2-4-10-16(12)19/h5-6,8-9,12H,2-4,7,10-11H2,1H3. The Morgan fingerprint density at radius 3 is 3.00 bits per heavy atom. The first-order chi connectivity index (χ1) is 9.25. The van der Waals surface area contributed by atoms with Gasteiger partial charge in [0.25, 0.3) is 0 Å². The van der Waals surface area contributed by atoms with Crippen molar-refractivity contribution in [1.29, 1.82) is 0 Å². The van der Waals surface area contributed by atoms with E-state index in [0.29, 0.717) is 5.78 Å². The predicted molar refractivity (Wildman–Crippen MR) is 76.0 cm³/mol. The molecule has 0 amide bonds. The smallest absolute Gasteiger partial charge is 0.136 e. The van der Waals surface area contributed by atoms with E-state index in [1.165, 1.54) is 18.2 Å². The van der Waals surface area contributed by atoms with E-state index in [2.05, 4.69) is 17.2 Å². The molecule has 1 aromatic heterocycles. The van der Waals surface area contributed by atoms with Gasteiger partial charge in [0.15, 0.2) is 0 Å². The highest BCUT2D eigenvalue weighted by Gasteiger charge is 2.23. The van der Waals surface area contributed by atoms with Crippen LogP contribution >= 0.6 is 0 Å². The number of Topliss-reactive ketones (excluding diaryl/α,β-unsaturated/α-hetero) is 1. The van der Waals surface area contributed by atoms with Crippen LogP contribution in [0.25, 0.3) is 10.9 Å². The number of ketones is 1. The van der Waals surface area contributed by atoms with Crippen LogP contribution in [0.1, 0.15) is 37.8 Å². The molecule has 0 aliphatic heterocycles. The van der Waals surface area contributed by atoms with Crippen molar-refractivity contribution in [1.82, 2.24) is 9.78 Å². The minimum atomic E-state index is 0.181. The third-order valence-electron chi connectivity index (χ3n) is 4.21. The summed E-state index contributed by atoms with van der Waals surface area (Å²) >= 11 is 0. The molecule has 3 nitrogen and oxygen atoms in total. The molecule has 1 saturated carbocycles. The van der Waals surface area contributed by atoms with Gasteiger partial charge in [-0.15, -0.1) is 0 Å². The highest BCUT2D eigenvalue weighted by molar-refractivity contribution is 5.84. The number of aromatic nitrogens is 2. The molecule has 1 fully saturated rings. The molecule has 1 aliphatic rings. The van der Waals surface area contributed by atoms with Gasteiger partial charge in [-0.25, -0.2) is 0 Å². The Labute approximate surface area is 113 Å². The molecule has 0 saturated heterocycles. The molecule has 0 spiro atoms. The fraction of sp³-hybridized carbons (Fsp3) is 0.500. The topological polar surface area (TPSA) is 34.9 Å². The summed E-state index contributed by atoms with van der Waals surface area (Å²) in [6.45, 7) is 0. The van der Waals surface area contributed by atoms with Gasteiger partial charge in [0.1, 0.15) is 5.78 Å². The van der Waals surface area contributed by atoms with E-state index in [1.807, 2.05) is 23.9 Å². The summed E-state index contributed by atoms with van der Waals surface area (Å²) in [5.41, 5.74) is 2.23. The SMILES string of the molecule is Cn1nc(CC2CCCCCC2=O)c2ccccc21. The van der Waals surface area contributed by atoms with Crippen LogP contribution < -0.4 is 0 Å². The molecule has 0 radical (unpaired) electrons. The summed E-state index contributed by atoms with van der Waals surface area (Å²) < 4.78 is 1.92. The Morgan fingerprint density at radius 1 is 1.26 bits per heavy atom. The maximum absolute atomic E-state index is 12.1. The molecule has 1 aromatic carbocycles. The number of carbonyl (C=O) groups is 1. The predicted octanol–water partition coefficient (Wildman–Crippen LogP) is 3.27. The zero-order chi connectivity index (χ0) is 13.2. The van der Waals surface area contributed by atoms with Gasteiger partial charge in [-0.3, -0.25) is 9.48 Å². The molecule has 1 heterocycles. The van der Waals surface area contributed by atoms with Crippen molar-refractivity contribution in [3.05, 3.63) is 30.0 Å². The number of carbonyl (C=O) groups excluding carboxylic acids is 1. The van der Waals surface area contributed by atoms with Crippen molar-refractivity contribution < 1.29 is 4.79 Å². The maximum atomic E-state index is 12.1. The van der Waals surface area contributed by atoms with E-state index in [0.717, 1.165) is 36.9 Å². The number of nitrogens with zero attached hydrogens (tertiary/aromatic N) is 2. The van der Waals surface area contributed by atoms with Crippen LogP contribution in [0.4, 0.5) is 0 Å². The van der Waals surface area contributed by atoms with Crippen molar-refractivity contribution in [2.24, 2.45) is 13.0 Å². The number of fused-ring (bicyclic) bond motifs is 1. The Morgan fingerprint density at radius 2 is 2.11 bits per heavy atom. The highest BCUT2D eigenvalue weighted by Crippen LogP contribution is 2.26. The molecule has 1 unspecified atom stereocenters. The minimum absolute atomic E-state index is 0.181. The monoisotopic (exact) mass is 256 g/mol. The maximum Gasteiger partial charge on any atom is 0.136 e. The molecule has 100 valence electrons. The van der Waals surface area contributed by atoms with Crippen molar-refractivity contribution in [3.8, 4) is 0 Å². The van der Waals surface area contributed by atoms with Gasteiger partial charge in [-0.1, -0.05) is 31.0 Å². The van der Waals surface area contributed by atoms with Crippen LogP contribution in [-0.4, -0.2) is 15.6 Å². The summed E-state index contributed by atoms with van der Waals surface area (Å²) in [5.74, 6) is 0.619. The molecule has 3 heteroatoms. The summed E-state index contributed by atoms with van der Waals surface area (Å²) in [5, 5.41) is 5.81. The van der Waals surface area contributed by atoms with E-state index in [4.69, 9.17) is 0 Å². The fourth-order valence-corrected chi connectivity index (χ4v) is 3.12. The van der Waals surface area contributed by atoms with Gasteiger partial charge in [-0.2, -0.15) is 5.10 Å². The summed E-state index contributed by atoms with van der Waals surface area (Å²) in [6, 6.07) is 8.27. The highest BCUT2D eigenvalue weighted by atomic mass is 16.1. The van der Waals surface area contributed by atoms with Crippen LogP contribution in [-0.2, 0) is 18.3 Å². The first-order valence-corrected chi connectivity index (χ1v) is 7.19. The first-order valence-electron chi connectivity index (χ1n) is 7.19. The number of hydrogen-bond donors (Lipinski definition) is 0. The Kier molecular flexibility index (Phi) is 3.36. The fourth-order valence-electron chi connectivity index (χ4n) is 3.12. The van der Waals surface area contributed by atoms with E-state index in [1.54, 1.807) is 0 Å². The average Bonchev–Trinajstić information content (AvgIpc) is 2.59. The van der Waals surface area contributed by atoms with Crippen molar-refractivity contribution in [3.63, 3.8) is 0 Å². The number of para-hydroxylation sites is 1. The lowest BCUT2D eigenvalue weighted by Gasteiger charge is -2.11. The number of hydrogen-bond acceptors (Lipinski definition) is 2. The second-order valence-electron chi connectivity index (χ2n) is 5.55. The van der Waals surface area contributed by atoms with Gasteiger partial charge in [-0.05, 0) is 18.9 Å². The Hall–Kier alpha value is -1.64. The average molecular weight is 256 g/mol. The molecule has 1 atom stereocenters. The number of aryl methyl sites for hydroxylation is 1. The zero-order valence-corrected chi connectivity index (χ0v) is 11.4. The van der Waals surface area contributed by atoms with E-state index >= 15 is 0 Å². The van der Waals surface area contributed by atoms with Crippen LogP contribution in [0.15, 0.2) is 24.3 Å². The first kappa shape index (κ1) is 12.4. The van der Waals surface area contributed by atoms with Crippen molar-refractivity contribution in [2.75, 3.05) is 0 Å². The molecule has 1 aliphatic carbocycles. The van der Waals surface area contributed by atoms with Gasteiger partial charge in [0, 0.05) is 31.2 Å². The van der Waals surface area contributed by atoms with Gasteiger partial charge in [0.05, 0.1) is 11.2 Å². The molecule has 3 rings (SSSR count). The van der Waals surface area contributed by atoms with Crippen LogP contribution in [0.2, 0.25) is 0 Å². The van der Waals surface area contributed by atoms with Crippen LogP contribution in [0.3, 0.4) is 0 Å². The van der Waals surface area contributed by atoms with Crippen LogP contribution in [0, 0.1) is 5.92 Å². The second kappa shape index (κ2) is 5.16. The van der Waals surface area contributed by atoms with Crippen molar-refractivity contribution in [2.45, 2.75) is 38.5 Å². The van der Waals surface area contributed by atoms with Crippen LogP contribution in [0.5, 0.6) is 0 Å². The lowest BCUT2D eigenvalue weighted by Crippen LogP contribution is -2.15. The molecule has 19 heavy (non-hydrogen) atoms. The molecule has 0 N–H and O–H groups in total. The zero-order valence-electron chi connectivity index (χ0n) is 11.4. The third kappa shape index (κ3) is 2.42. The lowest BCUT2D eigenvalue weighted by atomic mass is 9.93. The normalized spacial score (nSPS) is 20.7.